The first-order valence-corrected chi connectivity index (χ1v) is 7.82. The Kier molecular flexibility index (Phi) is 4.38. The van der Waals surface area contributed by atoms with Crippen LogP contribution in [0.1, 0.15) is 37.1 Å². The molecule has 6 nitrogen and oxygen atoms in total. The van der Waals surface area contributed by atoms with Crippen LogP contribution in [0.2, 0.25) is 0 Å². The standard InChI is InChI=1S/C16H23N5O/c1-11-9-12(2)21(20-11)16-8-7-15(18-19-16)17-13-5-4-6-14(10-13)22-3/h7-9,13-14H,4-6,10H2,1-3H3,(H,17,18). The van der Waals surface area contributed by atoms with Crippen LogP contribution in [0.15, 0.2) is 18.2 Å². The van der Waals surface area contributed by atoms with Crippen molar-refractivity contribution in [1.82, 2.24) is 20.0 Å². The predicted molar refractivity (Wildman–Crippen MR) is 85.3 cm³/mol. The highest BCUT2D eigenvalue weighted by atomic mass is 16.5. The Hall–Kier alpha value is -1.95. The van der Waals surface area contributed by atoms with E-state index in [0.29, 0.717) is 12.1 Å². The fraction of sp³-hybridized carbons (Fsp3) is 0.562. The summed E-state index contributed by atoms with van der Waals surface area (Å²) in [6.45, 7) is 3.99. The highest BCUT2D eigenvalue weighted by molar-refractivity contribution is 5.38. The Labute approximate surface area is 130 Å². The van der Waals surface area contributed by atoms with Crippen LogP contribution in [-0.2, 0) is 4.74 Å². The molecule has 0 amide bonds. The Morgan fingerprint density at radius 2 is 2.09 bits per heavy atom. The summed E-state index contributed by atoms with van der Waals surface area (Å²) in [5, 5.41) is 16.5. The maximum atomic E-state index is 5.46. The van der Waals surface area contributed by atoms with E-state index in [1.807, 2.05) is 36.7 Å². The number of ether oxygens (including phenoxy) is 1. The zero-order valence-corrected chi connectivity index (χ0v) is 13.4. The minimum Gasteiger partial charge on any atom is -0.381 e. The lowest BCUT2D eigenvalue weighted by atomic mass is 9.93. The van der Waals surface area contributed by atoms with Crippen molar-refractivity contribution in [3.05, 3.63) is 29.6 Å². The van der Waals surface area contributed by atoms with Crippen molar-refractivity contribution in [3.63, 3.8) is 0 Å². The maximum absolute atomic E-state index is 5.46. The summed E-state index contributed by atoms with van der Waals surface area (Å²) in [4.78, 5) is 0. The van der Waals surface area contributed by atoms with Gasteiger partial charge < -0.3 is 10.1 Å². The molecule has 2 atom stereocenters. The normalized spacial score (nSPS) is 21.8. The van der Waals surface area contributed by atoms with Crippen LogP contribution in [0.3, 0.4) is 0 Å². The van der Waals surface area contributed by atoms with Crippen molar-refractivity contribution in [3.8, 4) is 5.82 Å². The van der Waals surface area contributed by atoms with Crippen LogP contribution in [0, 0.1) is 13.8 Å². The zero-order chi connectivity index (χ0) is 15.5. The topological polar surface area (TPSA) is 64.9 Å². The van der Waals surface area contributed by atoms with Crippen molar-refractivity contribution in [2.45, 2.75) is 51.7 Å². The lowest BCUT2D eigenvalue weighted by Crippen LogP contribution is -2.31. The number of hydrogen-bond donors (Lipinski definition) is 1. The maximum Gasteiger partial charge on any atom is 0.176 e. The molecule has 1 aliphatic rings. The molecule has 6 heteroatoms. The lowest BCUT2D eigenvalue weighted by Gasteiger charge is -2.28. The minimum absolute atomic E-state index is 0.355. The first-order chi connectivity index (χ1) is 10.7. The van der Waals surface area contributed by atoms with Gasteiger partial charge in [0.2, 0.25) is 0 Å². The fourth-order valence-corrected chi connectivity index (χ4v) is 3.08. The summed E-state index contributed by atoms with van der Waals surface area (Å²) in [7, 11) is 1.79. The van der Waals surface area contributed by atoms with Crippen molar-refractivity contribution in [2.24, 2.45) is 0 Å². The summed E-state index contributed by atoms with van der Waals surface area (Å²) >= 11 is 0. The quantitative estimate of drug-likeness (QED) is 0.940. The fourth-order valence-electron chi connectivity index (χ4n) is 3.08. The number of aryl methyl sites for hydroxylation is 2. The molecule has 1 saturated carbocycles. The van der Waals surface area contributed by atoms with E-state index in [1.54, 1.807) is 7.11 Å². The smallest absolute Gasteiger partial charge is 0.176 e. The van der Waals surface area contributed by atoms with E-state index >= 15 is 0 Å². The number of rotatable bonds is 4. The lowest BCUT2D eigenvalue weighted by molar-refractivity contribution is 0.0669. The average Bonchev–Trinajstić information content (AvgIpc) is 2.87. The van der Waals surface area contributed by atoms with E-state index in [1.165, 1.54) is 6.42 Å². The summed E-state index contributed by atoms with van der Waals surface area (Å²) in [5.41, 5.74) is 2.04. The van der Waals surface area contributed by atoms with Crippen molar-refractivity contribution >= 4 is 5.82 Å². The van der Waals surface area contributed by atoms with E-state index in [-0.39, 0.29) is 0 Å². The molecular formula is C16H23N5O. The van der Waals surface area contributed by atoms with Crippen LogP contribution < -0.4 is 5.32 Å². The van der Waals surface area contributed by atoms with Crippen LogP contribution in [-0.4, -0.2) is 39.2 Å². The average molecular weight is 301 g/mol. The molecule has 0 aromatic carbocycles. The molecule has 1 N–H and O–H groups in total. The Bertz CT molecular complexity index is 622. The van der Waals surface area contributed by atoms with Crippen LogP contribution >= 0.6 is 0 Å². The first-order valence-electron chi connectivity index (χ1n) is 7.82. The SMILES string of the molecule is COC1CCCC(Nc2ccc(-n3nc(C)cc3C)nn2)C1. The second-order valence-corrected chi connectivity index (χ2v) is 5.98. The number of nitrogens with zero attached hydrogens (tertiary/aromatic N) is 4. The van der Waals surface area contributed by atoms with Gasteiger partial charge in [-0.25, -0.2) is 4.68 Å². The highest BCUT2D eigenvalue weighted by Crippen LogP contribution is 2.23. The third kappa shape index (κ3) is 3.27. The third-order valence-corrected chi connectivity index (χ3v) is 4.19. The number of nitrogens with one attached hydrogen (secondary N) is 1. The molecule has 22 heavy (non-hydrogen) atoms. The number of hydrogen-bond acceptors (Lipinski definition) is 5. The van der Waals surface area contributed by atoms with Crippen molar-refractivity contribution < 1.29 is 4.74 Å². The van der Waals surface area contributed by atoms with Crippen LogP contribution in [0.25, 0.3) is 5.82 Å². The van der Waals surface area contributed by atoms with E-state index in [9.17, 15) is 0 Å². The molecule has 1 fully saturated rings. The molecule has 0 spiro atoms. The van der Waals surface area contributed by atoms with Gasteiger partial charge in [0, 0.05) is 18.8 Å². The van der Waals surface area contributed by atoms with Gasteiger partial charge in [-0.1, -0.05) is 0 Å². The summed E-state index contributed by atoms with van der Waals surface area (Å²) in [6, 6.07) is 6.36. The molecule has 0 saturated heterocycles. The van der Waals surface area contributed by atoms with Gasteiger partial charge >= 0.3 is 0 Å². The molecule has 2 aromatic rings. The van der Waals surface area contributed by atoms with E-state index in [0.717, 1.165) is 42.3 Å². The summed E-state index contributed by atoms with van der Waals surface area (Å²) < 4.78 is 7.28. The second-order valence-electron chi connectivity index (χ2n) is 5.98. The summed E-state index contributed by atoms with van der Waals surface area (Å²) in [6.07, 6.45) is 4.87. The van der Waals surface area contributed by atoms with E-state index in [2.05, 4.69) is 20.6 Å². The van der Waals surface area contributed by atoms with Gasteiger partial charge in [-0.15, -0.1) is 10.2 Å². The van der Waals surface area contributed by atoms with Gasteiger partial charge in [0.25, 0.3) is 0 Å². The monoisotopic (exact) mass is 301 g/mol. The van der Waals surface area contributed by atoms with Gasteiger partial charge in [-0.05, 0) is 57.7 Å². The minimum atomic E-state index is 0.355. The predicted octanol–water partition coefficient (Wildman–Crippen LogP) is 2.65. The van der Waals surface area contributed by atoms with E-state index < -0.39 is 0 Å². The van der Waals surface area contributed by atoms with Crippen LogP contribution in [0.5, 0.6) is 0 Å². The summed E-state index contributed by atoms with van der Waals surface area (Å²) in [5.74, 6) is 1.56. The van der Waals surface area contributed by atoms with Gasteiger partial charge in [0.1, 0.15) is 5.82 Å². The number of anilines is 1. The van der Waals surface area contributed by atoms with Crippen molar-refractivity contribution in [1.29, 1.82) is 0 Å². The number of aromatic nitrogens is 4. The largest absolute Gasteiger partial charge is 0.381 e. The molecule has 2 heterocycles. The molecule has 0 bridgehead atoms. The molecule has 3 rings (SSSR count). The van der Waals surface area contributed by atoms with Gasteiger partial charge in [-0.2, -0.15) is 5.10 Å². The number of methoxy groups -OCH3 is 1. The highest BCUT2D eigenvalue weighted by Gasteiger charge is 2.21. The van der Waals surface area contributed by atoms with Crippen molar-refractivity contribution in [2.75, 3.05) is 12.4 Å². The third-order valence-electron chi connectivity index (χ3n) is 4.19. The zero-order valence-electron chi connectivity index (χ0n) is 13.4. The van der Waals surface area contributed by atoms with Gasteiger partial charge in [0.05, 0.1) is 11.8 Å². The first kappa shape index (κ1) is 15.0. The molecule has 2 unspecified atom stereocenters. The molecule has 118 valence electrons. The molecule has 2 aromatic heterocycles. The molecule has 0 radical (unpaired) electrons. The van der Waals surface area contributed by atoms with Gasteiger partial charge in [0.15, 0.2) is 5.82 Å². The van der Waals surface area contributed by atoms with Crippen LogP contribution in [0.4, 0.5) is 5.82 Å². The molecule has 0 aliphatic heterocycles. The molecular weight excluding hydrogens is 278 g/mol. The Morgan fingerprint density at radius 1 is 1.23 bits per heavy atom. The molecule has 1 aliphatic carbocycles. The second kappa shape index (κ2) is 6.44. The van der Waals surface area contributed by atoms with E-state index in [4.69, 9.17) is 4.74 Å². The Balaban J connectivity index is 1.68. The van der Waals surface area contributed by atoms with Gasteiger partial charge in [-0.3, -0.25) is 0 Å². The Morgan fingerprint density at radius 3 is 2.73 bits per heavy atom.